The third-order valence-electron chi connectivity index (χ3n) is 5.18. The number of hydrogen-bond donors (Lipinski definition) is 1. The van der Waals surface area contributed by atoms with Gasteiger partial charge in [-0.25, -0.2) is 4.79 Å². The molecule has 0 spiro atoms. The van der Waals surface area contributed by atoms with Crippen LogP contribution in [0.1, 0.15) is 34.6 Å². The maximum atomic E-state index is 12.1. The maximum Gasteiger partial charge on any atom is 0.407 e. The number of nitrogens with one attached hydrogen (secondary N) is 1. The summed E-state index contributed by atoms with van der Waals surface area (Å²) in [5.41, 5.74) is 5.91. The first-order valence-electron chi connectivity index (χ1n) is 9.94. The van der Waals surface area contributed by atoms with Gasteiger partial charge in [-0.15, -0.1) is 0 Å². The van der Waals surface area contributed by atoms with Crippen molar-refractivity contribution in [3.05, 3.63) is 94.0 Å². The number of carbonyl (C=O) groups excluding carboxylic acids is 1. The van der Waals surface area contributed by atoms with E-state index in [1.54, 1.807) is 18.2 Å². The summed E-state index contributed by atoms with van der Waals surface area (Å²) >= 11 is 6.10. The van der Waals surface area contributed by atoms with Crippen molar-refractivity contribution in [2.45, 2.75) is 12.3 Å². The second kappa shape index (κ2) is 9.39. The standard InChI is InChI=1S/C26H19ClN2O2/c27-25-15-18(16-28)12-13-19(25)7-5-6-14-29-26(30)31-17-24-22-10-3-1-8-20(22)21-9-2-4-11-23(21)24/h1-4,8-13,15,24H,6,14,17H2,(H,29,30). The molecule has 31 heavy (non-hydrogen) atoms. The molecule has 0 radical (unpaired) electrons. The number of halogens is 1. The van der Waals surface area contributed by atoms with Crippen molar-refractivity contribution in [2.75, 3.05) is 13.2 Å². The predicted octanol–water partition coefficient (Wildman–Crippen LogP) is 5.49. The van der Waals surface area contributed by atoms with Crippen LogP contribution in [0.25, 0.3) is 11.1 Å². The first-order valence-corrected chi connectivity index (χ1v) is 10.3. The molecule has 1 aliphatic rings. The monoisotopic (exact) mass is 426 g/mol. The van der Waals surface area contributed by atoms with Crippen LogP contribution >= 0.6 is 11.6 Å². The summed E-state index contributed by atoms with van der Waals surface area (Å²) in [6, 6.07) is 23.5. The van der Waals surface area contributed by atoms with Crippen LogP contribution in [-0.4, -0.2) is 19.2 Å². The molecule has 3 aromatic rings. The highest BCUT2D eigenvalue weighted by atomic mass is 35.5. The normalized spacial score (nSPS) is 11.5. The Morgan fingerprint density at radius 1 is 1.03 bits per heavy atom. The SMILES string of the molecule is N#Cc1ccc(C#CCCNC(=O)OCC2c3ccccc3-c3ccccc32)c(Cl)c1. The number of alkyl carbamates (subject to hydrolysis) is 1. The Hall–Kier alpha value is -3.73. The van der Waals surface area contributed by atoms with Crippen LogP contribution in [0, 0.1) is 23.2 Å². The summed E-state index contributed by atoms with van der Waals surface area (Å²) in [6.45, 7) is 0.657. The summed E-state index contributed by atoms with van der Waals surface area (Å²) in [5.74, 6) is 5.96. The van der Waals surface area contributed by atoms with Crippen LogP contribution < -0.4 is 5.32 Å². The summed E-state index contributed by atoms with van der Waals surface area (Å²) in [6.07, 6.45) is 0.000584. The number of benzene rings is 3. The lowest BCUT2D eigenvalue weighted by Gasteiger charge is -2.14. The molecule has 0 unspecified atom stereocenters. The van der Waals surface area contributed by atoms with E-state index < -0.39 is 6.09 Å². The molecule has 1 N–H and O–H groups in total. The van der Waals surface area contributed by atoms with E-state index in [0.29, 0.717) is 29.1 Å². The van der Waals surface area contributed by atoms with Crippen molar-refractivity contribution < 1.29 is 9.53 Å². The number of nitrogens with zero attached hydrogens (tertiary/aromatic N) is 1. The van der Waals surface area contributed by atoms with E-state index in [1.165, 1.54) is 22.3 Å². The summed E-state index contributed by atoms with van der Waals surface area (Å²) in [7, 11) is 0. The summed E-state index contributed by atoms with van der Waals surface area (Å²) in [4.78, 5) is 12.1. The third-order valence-corrected chi connectivity index (χ3v) is 5.50. The zero-order chi connectivity index (χ0) is 21.6. The lowest BCUT2D eigenvalue weighted by atomic mass is 9.98. The quantitative estimate of drug-likeness (QED) is 0.443. The van der Waals surface area contributed by atoms with E-state index in [9.17, 15) is 4.79 Å². The van der Waals surface area contributed by atoms with Crippen molar-refractivity contribution in [2.24, 2.45) is 0 Å². The second-order valence-electron chi connectivity index (χ2n) is 7.11. The van der Waals surface area contributed by atoms with Gasteiger partial charge >= 0.3 is 6.09 Å². The third kappa shape index (κ3) is 4.56. The Bertz CT molecular complexity index is 1190. The highest BCUT2D eigenvalue weighted by Crippen LogP contribution is 2.44. The van der Waals surface area contributed by atoms with E-state index in [1.807, 2.05) is 30.3 Å². The molecule has 3 aromatic carbocycles. The lowest BCUT2D eigenvalue weighted by Crippen LogP contribution is -2.26. The fourth-order valence-corrected chi connectivity index (χ4v) is 3.95. The van der Waals surface area contributed by atoms with Gasteiger partial charge < -0.3 is 10.1 Å². The molecule has 1 aliphatic carbocycles. The molecule has 0 aliphatic heterocycles. The van der Waals surface area contributed by atoms with E-state index in [0.717, 1.165) is 0 Å². The Labute approximate surface area is 186 Å². The zero-order valence-electron chi connectivity index (χ0n) is 16.7. The van der Waals surface area contributed by atoms with Crippen molar-refractivity contribution in [3.8, 4) is 29.0 Å². The number of amides is 1. The molecular weight excluding hydrogens is 408 g/mol. The van der Waals surface area contributed by atoms with Gasteiger partial charge in [-0.05, 0) is 40.5 Å². The summed E-state index contributed by atoms with van der Waals surface area (Å²) in [5, 5.41) is 12.0. The molecule has 0 atom stereocenters. The van der Waals surface area contributed by atoms with Gasteiger partial charge in [-0.2, -0.15) is 5.26 Å². The van der Waals surface area contributed by atoms with E-state index in [-0.39, 0.29) is 12.5 Å². The van der Waals surface area contributed by atoms with Gasteiger partial charge in [-0.3, -0.25) is 0 Å². The Morgan fingerprint density at radius 3 is 2.35 bits per heavy atom. The number of ether oxygens (including phenoxy) is 1. The molecule has 1 amide bonds. The molecule has 0 fully saturated rings. The number of nitriles is 1. The molecule has 5 heteroatoms. The molecule has 0 bridgehead atoms. The Morgan fingerprint density at radius 2 is 1.71 bits per heavy atom. The van der Waals surface area contributed by atoms with Gasteiger partial charge in [0.25, 0.3) is 0 Å². The molecule has 0 heterocycles. The van der Waals surface area contributed by atoms with Crippen molar-refractivity contribution in [3.63, 3.8) is 0 Å². The highest BCUT2D eigenvalue weighted by molar-refractivity contribution is 6.31. The first kappa shape index (κ1) is 20.5. The van der Waals surface area contributed by atoms with Gasteiger partial charge in [0.15, 0.2) is 0 Å². The van der Waals surface area contributed by atoms with Crippen LogP contribution in [0.3, 0.4) is 0 Å². The lowest BCUT2D eigenvalue weighted by molar-refractivity contribution is 0.143. The fourth-order valence-electron chi connectivity index (χ4n) is 3.72. The average molecular weight is 427 g/mol. The van der Waals surface area contributed by atoms with Crippen LogP contribution in [0.15, 0.2) is 66.7 Å². The van der Waals surface area contributed by atoms with Gasteiger partial charge in [0.05, 0.1) is 16.7 Å². The Balaban J connectivity index is 1.29. The maximum absolute atomic E-state index is 12.1. The highest BCUT2D eigenvalue weighted by Gasteiger charge is 2.28. The first-order chi connectivity index (χ1) is 15.2. The van der Waals surface area contributed by atoms with Gasteiger partial charge in [0, 0.05) is 24.4 Å². The molecular formula is C26H19ClN2O2. The molecule has 0 saturated carbocycles. The minimum Gasteiger partial charge on any atom is -0.449 e. The summed E-state index contributed by atoms with van der Waals surface area (Å²) < 4.78 is 5.50. The van der Waals surface area contributed by atoms with Crippen molar-refractivity contribution in [1.29, 1.82) is 5.26 Å². The van der Waals surface area contributed by atoms with Crippen LogP contribution in [0.5, 0.6) is 0 Å². The van der Waals surface area contributed by atoms with E-state index in [4.69, 9.17) is 21.6 Å². The minimum absolute atomic E-state index is 0.0384. The number of carbonyl (C=O) groups is 1. The number of fused-ring (bicyclic) bond motifs is 3. The number of rotatable bonds is 4. The molecule has 0 saturated heterocycles. The minimum atomic E-state index is -0.458. The van der Waals surface area contributed by atoms with Crippen LogP contribution in [0.2, 0.25) is 5.02 Å². The van der Waals surface area contributed by atoms with Crippen LogP contribution in [-0.2, 0) is 4.74 Å². The smallest absolute Gasteiger partial charge is 0.407 e. The van der Waals surface area contributed by atoms with Crippen molar-refractivity contribution in [1.82, 2.24) is 5.32 Å². The van der Waals surface area contributed by atoms with E-state index in [2.05, 4.69) is 41.4 Å². The molecule has 0 aromatic heterocycles. The molecule has 4 rings (SSSR count). The predicted molar refractivity (Wildman–Crippen MR) is 121 cm³/mol. The van der Waals surface area contributed by atoms with Gasteiger partial charge in [0.2, 0.25) is 0 Å². The zero-order valence-corrected chi connectivity index (χ0v) is 17.4. The van der Waals surface area contributed by atoms with Crippen LogP contribution in [0.4, 0.5) is 4.79 Å². The number of hydrogen-bond acceptors (Lipinski definition) is 3. The van der Waals surface area contributed by atoms with Crippen molar-refractivity contribution >= 4 is 17.7 Å². The second-order valence-corrected chi connectivity index (χ2v) is 7.52. The topological polar surface area (TPSA) is 62.1 Å². The van der Waals surface area contributed by atoms with Gasteiger partial charge in [-0.1, -0.05) is 72.0 Å². The fraction of sp³-hybridized carbons (Fsp3) is 0.154. The largest absolute Gasteiger partial charge is 0.449 e. The molecule has 4 nitrogen and oxygen atoms in total. The molecule has 152 valence electrons. The van der Waals surface area contributed by atoms with Gasteiger partial charge in [0.1, 0.15) is 6.61 Å². The average Bonchev–Trinajstić information content (AvgIpc) is 3.12. The Kier molecular flexibility index (Phi) is 6.22. The van der Waals surface area contributed by atoms with E-state index >= 15 is 0 Å².